The zero-order valence-corrected chi connectivity index (χ0v) is 16.8. The third-order valence-electron chi connectivity index (χ3n) is 3.95. The summed E-state index contributed by atoms with van der Waals surface area (Å²) in [6, 6.07) is 13.9. The Morgan fingerprint density at radius 1 is 1.14 bits per heavy atom. The Morgan fingerprint density at radius 2 is 1.90 bits per heavy atom. The number of para-hydroxylation sites is 1. The van der Waals surface area contributed by atoms with Crippen LogP contribution in [0.5, 0.6) is 0 Å². The first-order valence-corrected chi connectivity index (χ1v) is 10.5. The predicted molar refractivity (Wildman–Crippen MR) is 111 cm³/mol. The molecular formula is C19H15F2N5OS2. The van der Waals surface area contributed by atoms with Gasteiger partial charge in [-0.25, -0.2) is 9.97 Å². The molecule has 2 heterocycles. The number of anilines is 1. The molecule has 0 fully saturated rings. The van der Waals surface area contributed by atoms with Crippen LogP contribution in [0.4, 0.5) is 14.5 Å². The number of aryl methyl sites for hydroxylation is 1. The molecule has 1 N–H and O–H groups in total. The Morgan fingerprint density at radius 3 is 2.66 bits per heavy atom. The first kappa shape index (κ1) is 19.6. The van der Waals surface area contributed by atoms with E-state index in [1.165, 1.54) is 11.8 Å². The van der Waals surface area contributed by atoms with Gasteiger partial charge < -0.3 is 5.32 Å². The Bertz CT molecular complexity index is 1180. The normalized spacial score (nSPS) is 11.4. The zero-order chi connectivity index (χ0) is 20.4. The average Bonchev–Trinajstić information content (AvgIpc) is 3.09. The molecule has 148 valence electrons. The number of hydrogen-bond acceptors (Lipinski definition) is 6. The van der Waals surface area contributed by atoms with Crippen LogP contribution in [-0.4, -0.2) is 37.0 Å². The highest BCUT2D eigenvalue weighted by Gasteiger charge is 2.14. The van der Waals surface area contributed by atoms with E-state index in [1.807, 2.05) is 24.3 Å². The average molecular weight is 431 g/mol. The van der Waals surface area contributed by atoms with Crippen LogP contribution < -0.4 is 5.32 Å². The molecule has 29 heavy (non-hydrogen) atoms. The maximum absolute atomic E-state index is 12.4. The number of aromatic nitrogens is 4. The number of amides is 1. The van der Waals surface area contributed by atoms with E-state index in [0.29, 0.717) is 39.0 Å². The van der Waals surface area contributed by atoms with Crippen LogP contribution in [0.1, 0.15) is 5.82 Å². The van der Waals surface area contributed by atoms with E-state index in [4.69, 9.17) is 0 Å². The summed E-state index contributed by atoms with van der Waals surface area (Å²) >= 11 is 1.71. The van der Waals surface area contributed by atoms with E-state index in [2.05, 4.69) is 20.4 Å². The topological polar surface area (TPSA) is 72.2 Å². The van der Waals surface area contributed by atoms with Gasteiger partial charge in [-0.1, -0.05) is 35.7 Å². The summed E-state index contributed by atoms with van der Waals surface area (Å²) in [4.78, 5) is 21.8. The lowest BCUT2D eigenvalue weighted by atomic mass is 10.2. The van der Waals surface area contributed by atoms with Gasteiger partial charge in [0.2, 0.25) is 5.91 Å². The summed E-state index contributed by atoms with van der Waals surface area (Å²) in [6.07, 6.45) is 0. The van der Waals surface area contributed by atoms with Crippen LogP contribution in [-0.2, 0) is 4.79 Å². The monoisotopic (exact) mass is 431 g/mol. The molecule has 4 aromatic rings. The molecule has 0 aliphatic heterocycles. The summed E-state index contributed by atoms with van der Waals surface area (Å²) in [5, 5.41) is 8.60. The van der Waals surface area contributed by atoms with Crippen LogP contribution >= 0.6 is 23.5 Å². The molecule has 10 heteroatoms. The van der Waals surface area contributed by atoms with Gasteiger partial charge in [-0.15, -0.1) is 5.10 Å². The van der Waals surface area contributed by atoms with Gasteiger partial charge in [-0.3, -0.25) is 4.79 Å². The Balaban J connectivity index is 1.48. The molecule has 6 nitrogen and oxygen atoms in total. The Kier molecular flexibility index (Phi) is 5.63. The molecule has 2 aromatic carbocycles. The van der Waals surface area contributed by atoms with Gasteiger partial charge in [0, 0.05) is 16.0 Å². The number of fused-ring (bicyclic) bond motifs is 3. The molecule has 0 unspecified atom stereocenters. The first-order valence-electron chi connectivity index (χ1n) is 8.59. The number of hydrogen-bond donors (Lipinski definition) is 1. The molecule has 1 amide bonds. The molecule has 0 spiro atoms. The van der Waals surface area contributed by atoms with Gasteiger partial charge in [-0.05, 0) is 43.3 Å². The smallest absolute Gasteiger partial charge is 0.288 e. The lowest BCUT2D eigenvalue weighted by Crippen LogP contribution is -2.14. The Hall–Kier alpha value is -2.72. The lowest BCUT2D eigenvalue weighted by Gasteiger charge is -2.08. The third-order valence-corrected chi connectivity index (χ3v) is 5.60. The summed E-state index contributed by atoms with van der Waals surface area (Å²) < 4.78 is 26.4. The van der Waals surface area contributed by atoms with Crippen LogP contribution in [0.2, 0.25) is 0 Å². The van der Waals surface area contributed by atoms with Crippen LogP contribution in [0.25, 0.3) is 16.6 Å². The lowest BCUT2D eigenvalue weighted by molar-refractivity contribution is -0.113. The van der Waals surface area contributed by atoms with Crippen molar-refractivity contribution >= 4 is 51.7 Å². The third kappa shape index (κ3) is 4.48. The predicted octanol–water partition coefficient (Wildman–Crippen LogP) is 4.63. The molecule has 0 atom stereocenters. The van der Waals surface area contributed by atoms with Crippen LogP contribution in [0, 0.1) is 6.92 Å². The Labute approximate surface area is 173 Å². The van der Waals surface area contributed by atoms with Crippen molar-refractivity contribution in [2.24, 2.45) is 0 Å². The summed E-state index contributed by atoms with van der Waals surface area (Å²) in [6.45, 7) is 1.80. The number of carbonyl (C=O) groups excluding carboxylic acids is 1. The number of carbonyl (C=O) groups is 1. The maximum Gasteiger partial charge on any atom is 0.288 e. The highest BCUT2D eigenvalue weighted by molar-refractivity contribution is 8.00. The SMILES string of the molecule is Cc1nc2c3ccccc3nc(SCC(=O)Nc3ccc(SC(F)F)cc3)n2n1. The summed E-state index contributed by atoms with van der Waals surface area (Å²) in [7, 11) is 0. The van der Waals surface area contributed by atoms with Crippen molar-refractivity contribution in [2.75, 3.05) is 11.1 Å². The second-order valence-corrected chi connectivity index (χ2v) is 8.05. The van der Waals surface area contributed by atoms with Crippen molar-refractivity contribution in [1.82, 2.24) is 19.6 Å². The molecular weight excluding hydrogens is 416 g/mol. The maximum atomic E-state index is 12.4. The zero-order valence-electron chi connectivity index (χ0n) is 15.2. The fourth-order valence-electron chi connectivity index (χ4n) is 2.77. The second-order valence-electron chi connectivity index (χ2n) is 6.05. The number of benzene rings is 2. The molecule has 0 aliphatic rings. The van der Waals surface area contributed by atoms with Crippen LogP contribution in [0.15, 0.2) is 58.6 Å². The highest BCUT2D eigenvalue weighted by atomic mass is 32.2. The van der Waals surface area contributed by atoms with Crippen molar-refractivity contribution in [2.45, 2.75) is 22.7 Å². The number of thioether (sulfide) groups is 2. The van der Waals surface area contributed by atoms with E-state index in [-0.39, 0.29) is 11.7 Å². The van der Waals surface area contributed by atoms with Gasteiger partial charge in [0.15, 0.2) is 10.8 Å². The van der Waals surface area contributed by atoms with Crippen LogP contribution in [0.3, 0.4) is 0 Å². The number of nitrogens with one attached hydrogen (secondary N) is 1. The van der Waals surface area contributed by atoms with E-state index in [9.17, 15) is 13.6 Å². The minimum Gasteiger partial charge on any atom is -0.325 e. The van der Waals surface area contributed by atoms with E-state index < -0.39 is 5.76 Å². The number of rotatable bonds is 6. The highest BCUT2D eigenvalue weighted by Crippen LogP contribution is 2.27. The standard InChI is InChI=1S/C19H15F2N5OS2/c1-11-22-17-14-4-2-3-5-15(14)24-19(26(17)25-11)28-10-16(27)23-12-6-8-13(9-7-12)29-18(20)21/h2-9,18H,10H2,1H3,(H,23,27). The fraction of sp³-hybridized carbons (Fsp3) is 0.158. The van der Waals surface area contributed by atoms with Gasteiger partial charge in [0.1, 0.15) is 5.82 Å². The molecule has 4 rings (SSSR count). The van der Waals surface area contributed by atoms with Crippen molar-refractivity contribution in [3.05, 3.63) is 54.4 Å². The molecule has 0 bridgehead atoms. The quantitative estimate of drug-likeness (QED) is 0.354. The molecule has 2 aromatic heterocycles. The van der Waals surface area contributed by atoms with Gasteiger partial charge >= 0.3 is 0 Å². The number of halogens is 2. The molecule has 0 saturated heterocycles. The van der Waals surface area contributed by atoms with E-state index in [0.717, 1.165) is 10.9 Å². The van der Waals surface area contributed by atoms with Gasteiger partial charge in [-0.2, -0.15) is 13.3 Å². The van der Waals surface area contributed by atoms with Crippen molar-refractivity contribution in [3.8, 4) is 0 Å². The van der Waals surface area contributed by atoms with Crippen molar-refractivity contribution in [1.29, 1.82) is 0 Å². The van der Waals surface area contributed by atoms with Crippen molar-refractivity contribution < 1.29 is 13.6 Å². The number of alkyl halides is 2. The summed E-state index contributed by atoms with van der Waals surface area (Å²) in [5.74, 6) is -1.97. The fourth-order valence-corrected chi connectivity index (χ4v) is 4.02. The van der Waals surface area contributed by atoms with Crippen molar-refractivity contribution in [3.63, 3.8) is 0 Å². The van der Waals surface area contributed by atoms with E-state index in [1.54, 1.807) is 35.7 Å². The summed E-state index contributed by atoms with van der Waals surface area (Å²) in [5.41, 5.74) is 2.02. The minimum absolute atomic E-state index is 0.118. The largest absolute Gasteiger partial charge is 0.325 e. The number of nitrogens with zero attached hydrogens (tertiary/aromatic N) is 4. The second kappa shape index (κ2) is 8.34. The first-order chi connectivity index (χ1) is 14.0. The van der Waals surface area contributed by atoms with E-state index >= 15 is 0 Å². The molecule has 0 saturated carbocycles. The van der Waals surface area contributed by atoms with Gasteiger partial charge in [0.05, 0.1) is 11.3 Å². The molecule has 0 radical (unpaired) electrons. The minimum atomic E-state index is -2.47. The molecule has 0 aliphatic carbocycles. The van der Waals surface area contributed by atoms with Gasteiger partial charge in [0.25, 0.3) is 5.76 Å².